The molecule has 0 amide bonds. The Morgan fingerprint density at radius 1 is 0.373 bits per heavy atom. The molecule has 240 valence electrons. The van der Waals surface area contributed by atoms with Crippen LogP contribution < -0.4 is 0 Å². The highest BCUT2D eigenvalue weighted by Gasteiger charge is 2.37. The molecule has 51 heavy (non-hydrogen) atoms. The summed E-state index contributed by atoms with van der Waals surface area (Å²) in [6.07, 6.45) is 0. The molecule has 1 heterocycles. The molecule has 10 rings (SSSR count). The van der Waals surface area contributed by atoms with Crippen molar-refractivity contribution < 1.29 is 0 Å². The second-order valence-electron chi connectivity index (χ2n) is 14.0. The Kier molecular flexibility index (Phi) is 6.53. The number of hydrogen-bond donors (Lipinski definition) is 0. The molecule has 3 heteroatoms. The summed E-state index contributed by atoms with van der Waals surface area (Å²) in [6.45, 7) is 4.74. The average Bonchev–Trinajstić information content (AvgIpc) is 3.44. The van der Waals surface area contributed by atoms with E-state index in [4.69, 9.17) is 15.0 Å². The second-order valence-corrected chi connectivity index (χ2v) is 14.0. The molecule has 0 saturated carbocycles. The van der Waals surface area contributed by atoms with E-state index in [-0.39, 0.29) is 5.41 Å². The molecule has 1 aliphatic rings. The molecule has 0 radical (unpaired) electrons. The van der Waals surface area contributed by atoms with Crippen molar-refractivity contribution in [2.45, 2.75) is 19.3 Å². The van der Waals surface area contributed by atoms with Gasteiger partial charge in [0, 0.05) is 22.1 Å². The predicted molar refractivity (Wildman–Crippen MR) is 212 cm³/mol. The van der Waals surface area contributed by atoms with Gasteiger partial charge >= 0.3 is 0 Å². The summed E-state index contributed by atoms with van der Waals surface area (Å²) in [5.41, 5.74) is 10.6. The van der Waals surface area contributed by atoms with Gasteiger partial charge in [-0.2, -0.15) is 0 Å². The molecule has 0 unspecified atom stereocenters. The van der Waals surface area contributed by atoms with E-state index in [9.17, 15) is 0 Å². The van der Waals surface area contributed by atoms with E-state index in [2.05, 4.69) is 153 Å². The first-order chi connectivity index (χ1) is 25.0. The minimum absolute atomic E-state index is 0.115. The smallest absolute Gasteiger partial charge is 0.164 e. The average molecular weight is 652 g/mol. The number of nitrogens with zero attached hydrogens (tertiary/aromatic N) is 3. The van der Waals surface area contributed by atoms with Gasteiger partial charge < -0.3 is 0 Å². The Morgan fingerprint density at radius 2 is 0.863 bits per heavy atom. The summed E-state index contributed by atoms with van der Waals surface area (Å²) in [5, 5.41) is 7.55. The fourth-order valence-corrected chi connectivity index (χ4v) is 8.17. The fraction of sp³-hybridized carbons (Fsp3) is 0.0625. The summed E-state index contributed by atoms with van der Waals surface area (Å²) in [6, 6.07) is 58.3. The third-order valence-corrected chi connectivity index (χ3v) is 10.7. The van der Waals surface area contributed by atoms with Crippen molar-refractivity contribution in [2.24, 2.45) is 0 Å². The van der Waals surface area contributed by atoms with Crippen LogP contribution in [0.25, 0.3) is 88.7 Å². The van der Waals surface area contributed by atoms with Crippen LogP contribution in [-0.4, -0.2) is 15.0 Å². The van der Waals surface area contributed by atoms with Crippen molar-refractivity contribution in [3.05, 3.63) is 175 Å². The lowest BCUT2D eigenvalue weighted by Crippen LogP contribution is -2.15. The molecular formula is C48H33N3. The predicted octanol–water partition coefficient (Wildman–Crippen LogP) is 12.3. The largest absolute Gasteiger partial charge is 0.208 e. The van der Waals surface area contributed by atoms with E-state index >= 15 is 0 Å². The molecule has 0 fully saturated rings. The Balaban J connectivity index is 1.15. The Labute approximate surface area is 297 Å². The molecule has 0 N–H and O–H groups in total. The number of aromatic nitrogens is 3. The van der Waals surface area contributed by atoms with Crippen LogP contribution in [0.5, 0.6) is 0 Å². The van der Waals surface area contributed by atoms with Gasteiger partial charge in [0.25, 0.3) is 0 Å². The number of hydrogen-bond acceptors (Lipinski definition) is 3. The first kappa shape index (κ1) is 29.5. The van der Waals surface area contributed by atoms with Crippen LogP contribution >= 0.6 is 0 Å². The summed E-state index contributed by atoms with van der Waals surface area (Å²) in [5.74, 6) is 1.97. The van der Waals surface area contributed by atoms with Gasteiger partial charge in [0.15, 0.2) is 17.5 Å². The zero-order chi connectivity index (χ0) is 34.1. The van der Waals surface area contributed by atoms with Crippen molar-refractivity contribution in [2.75, 3.05) is 0 Å². The first-order valence-corrected chi connectivity index (χ1v) is 17.5. The Morgan fingerprint density at radius 3 is 1.57 bits per heavy atom. The highest BCUT2D eigenvalue weighted by molar-refractivity contribution is 6.23. The van der Waals surface area contributed by atoms with Crippen molar-refractivity contribution in [1.82, 2.24) is 15.0 Å². The molecule has 1 aromatic heterocycles. The lowest BCUT2D eigenvalue weighted by atomic mass is 9.79. The topological polar surface area (TPSA) is 38.7 Å². The third-order valence-electron chi connectivity index (χ3n) is 10.7. The van der Waals surface area contributed by atoms with Gasteiger partial charge in [0.1, 0.15) is 0 Å². The van der Waals surface area contributed by atoms with Gasteiger partial charge in [-0.15, -0.1) is 0 Å². The number of benzene rings is 8. The summed E-state index contributed by atoms with van der Waals surface area (Å²) < 4.78 is 0. The molecule has 0 atom stereocenters. The van der Waals surface area contributed by atoms with Crippen LogP contribution in [0.1, 0.15) is 25.0 Å². The van der Waals surface area contributed by atoms with E-state index in [1.54, 1.807) is 0 Å². The van der Waals surface area contributed by atoms with Crippen molar-refractivity contribution >= 4 is 32.3 Å². The maximum Gasteiger partial charge on any atom is 0.164 e. The molecule has 0 saturated heterocycles. The third kappa shape index (κ3) is 4.69. The maximum atomic E-state index is 5.09. The standard InChI is InChI=1S/C48H33N3/c1-48(2)41-16-10-9-15-39(41)40-28-25-33-20-19-32-21-24-36-29-37(26-27-38(36)42(32)43(33)44(40)48)47-50-45(34-13-7-4-8-14-34)49-46(51-47)35-22-17-31(18-23-35)30-11-5-3-6-12-30/h3-29H,1-2H3. The minimum Gasteiger partial charge on any atom is -0.208 e. The van der Waals surface area contributed by atoms with Crippen LogP contribution in [0, 0.1) is 0 Å². The fourth-order valence-electron chi connectivity index (χ4n) is 8.17. The van der Waals surface area contributed by atoms with E-state index in [0.29, 0.717) is 17.5 Å². The van der Waals surface area contributed by atoms with Gasteiger partial charge in [-0.3, -0.25) is 0 Å². The van der Waals surface area contributed by atoms with Gasteiger partial charge in [-0.25, -0.2) is 15.0 Å². The molecule has 3 nitrogen and oxygen atoms in total. The van der Waals surface area contributed by atoms with E-state index < -0.39 is 0 Å². The van der Waals surface area contributed by atoms with Crippen LogP contribution in [0.4, 0.5) is 0 Å². The van der Waals surface area contributed by atoms with Gasteiger partial charge in [-0.1, -0.05) is 172 Å². The molecule has 0 aliphatic heterocycles. The molecule has 1 aliphatic carbocycles. The molecule has 8 aromatic carbocycles. The summed E-state index contributed by atoms with van der Waals surface area (Å²) in [7, 11) is 0. The van der Waals surface area contributed by atoms with Gasteiger partial charge in [0.2, 0.25) is 0 Å². The highest BCUT2D eigenvalue weighted by atomic mass is 15.0. The molecular weight excluding hydrogens is 619 g/mol. The lowest BCUT2D eigenvalue weighted by Gasteiger charge is -2.24. The highest BCUT2D eigenvalue weighted by Crippen LogP contribution is 2.53. The number of fused-ring (bicyclic) bond motifs is 9. The zero-order valence-corrected chi connectivity index (χ0v) is 28.4. The molecule has 9 aromatic rings. The lowest BCUT2D eigenvalue weighted by molar-refractivity contribution is 0.666. The Bertz CT molecular complexity index is 2800. The summed E-state index contributed by atoms with van der Waals surface area (Å²) >= 11 is 0. The minimum atomic E-state index is -0.115. The van der Waals surface area contributed by atoms with Crippen molar-refractivity contribution in [1.29, 1.82) is 0 Å². The molecule has 0 spiro atoms. The van der Waals surface area contributed by atoms with E-state index in [0.717, 1.165) is 27.6 Å². The SMILES string of the molecule is CC1(C)c2ccccc2-c2ccc3ccc4ccc5cc(-c6nc(-c7ccccc7)nc(-c7ccc(-c8ccccc8)cc7)n6)ccc5c4c3c21. The zero-order valence-electron chi connectivity index (χ0n) is 28.4. The van der Waals surface area contributed by atoms with Gasteiger partial charge in [-0.05, 0) is 71.8 Å². The summed E-state index contributed by atoms with van der Waals surface area (Å²) in [4.78, 5) is 15.1. The number of rotatable bonds is 4. The van der Waals surface area contributed by atoms with Crippen molar-refractivity contribution in [3.63, 3.8) is 0 Å². The molecule has 0 bridgehead atoms. The van der Waals surface area contributed by atoms with Crippen molar-refractivity contribution in [3.8, 4) is 56.4 Å². The quantitative estimate of drug-likeness (QED) is 0.178. The van der Waals surface area contributed by atoms with Gasteiger partial charge in [0.05, 0.1) is 0 Å². The van der Waals surface area contributed by atoms with E-state index in [1.807, 2.05) is 24.3 Å². The van der Waals surface area contributed by atoms with Crippen LogP contribution in [0.15, 0.2) is 164 Å². The maximum absolute atomic E-state index is 5.09. The van der Waals surface area contributed by atoms with E-state index in [1.165, 1.54) is 54.7 Å². The Hall–Kier alpha value is -6.45. The second kappa shape index (κ2) is 11.3. The monoisotopic (exact) mass is 651 g/mol. The first-order valence-electron chi connectivity index (χ1n) is 17.5. The van der Waals surface area contributed by atoms with Crippen LogP contribution in [0.2, 0.25) is 0 Å². The van der Waals surface area contributed by atoms with Crippen LogP contribution in [-0.2, 0) is 5.41 Å². The normalized spacial score (nSPS) is 13.1. The van der Waals surface area contributed by atoms with Crippen LogP contribution in [0.3, 0.4) is 0 Å².